The number of methoxy groups -OCH3 is 1. The summed E-state index contributed by atoms with van der Waals surface area (Å²) < 4.78 is 88.4. The fourth-order valence-electron chi connectivity index (χ4n) is 4.29. The van der Waals surface area contributed by atoms with Crippen LogP contribution in [0.5, 0.6) is 11.5 Å². The molecule has 116 valence electrons. The van der Waals surface area contributed by atoms with Gasteiger partial charge in [-0.2, -0.15) is 0 Å². The molecule has 4 aliphatic rings. The molecule has 1 spiro atoms. The Balaban J connectivity index is 1.95. The van der Waals surface area contributed by atoms with Gasteiger partial charge in [-0.3, -0.25) is 4.79 Å². The van der Waals surface area contributed by atoms with Gasteiger partial charge >= 0.3 is 0 Å². The molecule has 5 rings (SSSR count). The molecule has 1 aromatic carbocycles. The van der Waals surface area contributed by atoms with Crippen molar-refractivity contribution in [3.05, 3.63) is 23.3 Å². The molecule has 4 heteroatoms. The minimum absolute atomic E-state index is 0.0205. The molecule has 1 saturated carbocycles. The Bertz CT molecular complexity index is 1030. The van der Waals surface area contributed by atoms with Crippen LogP contribution in [0.15, 0.2) is 12.1 Å². The minimum atomic E-state index is -2.90. The second kappa shape index (κ2) is 4.05. The lowest BCUT2D eigenvalue weighted by Gasteiger charge is -2.57. The summed E-state index contributed by atoms with van der Waals surface area (Å²) in [4.78, 5) is 13.8. The number of Topliss-reactive ketones (excluding diaryl/α,β-unsaturated/α-hetero) is 1. The van der Waals surface area contributed by atoms with E-state index < -0.39 is 55.4 Å². The Morgan fingerprint density at radius 2 is 2.50 bits per heavy atom. The number of benzene rings is 1. The number of carbonyl (C=O) groups is 1. The summed E-state index contributed by atoms with van der Waals surface area (Å²) >= 11 is 0. The van der Waals surface area contributed by atoms with E-state index in [1.807, 2.05) is 0 Å². The first-order valence-corrected chi connectivity index (χ1v) is 7.32. The lowest BCUT2D eigenvalue weighted by molar-refractivity contribution is -0.138. The normalized spacial score (nSPS) is 56.3. The zero-order valence-corrected chi connectivity index (χ0v) is 12.0. The van der Waals surface area contributed by atoms with Gasteiger partial charge in [0, 0.05) is 35.7 Å². The van der Waals surface area contributed by atoms with Gasteiger partial charge in [0.25, 0.3) is 0 Å². The van der Waals surface area contributed by atoms with Gasteiger partial charge in [0.15, 0.2) is 23.4 Å². The van der Waals surface area contributed by atoms with E-state index in [9.17, 15) is 7.54 Å². The van der Waals surface area contributed by atoms with Gasteiger partial charge in [-0.15, -0.1) is 0 Å². The number of likely N-dealkylation sites (tertiary alicyclic amines) is 1. The molecule has 2 aliphatic carbocycles. The average Bonchev–Trinajstić information content (AvgIpc) is 2.98. The van der Waals surface area contributed by atoms with E-state index in [1.54, 1.807) is 0 Å². The highest BCUT2D eigenvalue weighted by Gasteiger charge is 2.65. The van der Waals surface area contributed by atoms with Crippen molar-refractivity contribution < 1.29 is 26.6 Å². The maximum atomic E-state index is 13.2. The second-order valence-corrected chi connectivity index (χ2v) is 6.06. The molecule has 1 saturated heterocycles. The zero-order chi connectivity index (χ0) is 23.0. The number of nitrogens with zero attached hydrogens (tertiary/aromatic N) is 1. The van der Waals surface area contributed by atoms with Crippen molar-refractivity contribution in [2.24, 2.45) is 5.89 Å². The second-order valence-electron chi connectivity index (χ2n) is 6.06. The van der Waals surface area contributed by atoms with E-state index in [0.29, 0.717) is 4.90 Å². The van der Waals surface area contributed by atoms with Crippen molar-refractivity contribution in [3.8, 4) is 11.5 Å². The van der Waals surface area contributed by atoms with Crippen LogP contribution in [0, 0.1) is 5.89 Å². The molecule has 22 heavy (non-hydrogen) atoms. The van der Waals surface area contributed by atoms with Crippen LogP contribution in [0.3, 0.4) is 0 Å². The highest BCUT2D eigenvalue weighted by Crippen LogP contribution is 2.62. The highest BCUT2D eigenvalue weighted by atomic mass is 16.5. The van der Waals surface area contributed by atoms with Crippen molar-refractivity contribution >= 4 is 5.78 Å². The van der Waals surface area contributed by atoms with Crippen molar-refractivity contribution in [1.82, 2.24) is 4.90 Å². The molecule has 0 N–H and O–H groups in total. The molecule has 2 heterocycles. The lowest BCUT2D eigenvalue weighted by atomic mass is 9.52. The number of rotatable bonds is 1. The highest BCUT2D eigenvalue weighted by molar-refractivity contribution is 5.89. The standard InChI is InChI=1S/C18H21NO3/c1-19-8-7-18-11-4-5-13(20)17(18)22-16-14(21-2)6-3-10(15(16)18)9-12(11)19/h3,6,11-12,17H,4-5,7-9H2,1-2H3/t11-,12+,17?,18-/m0/s1/i1D3,5D2,9D2,11D,12D. The third-order valence-corrected chi connectivity index (χ3v) is 5.23. The van der Waals surface area contributed by atoms with Crippen molar-refractivity contribution in [1.29, 1.82) is 0 Å². The fraction of sp³-hybridized carbons (Fsp3) is 0.611. The molecule has 0 aromatic heterocycles. The maximum absolute atomic E-state index is 13.2. The lowest BCUT2D eigenvalue weighted by Crippen LogP contribution is -2.65. The Labute approximate surface area is 143 Å². The van der Waals surface area contributed by atoms with Crippen LogP contribution < -0.4 is 9.47 Å². The molecule has 4 atom stereocenters. The Morgan fingerprint density at radius 1 is 1.59 bits per heavy atom. The van der Waals surface area contributed by atoms with E-state index in [0.717, 1.165) is 0 Å². The molecule has 2 fully saturated rings. The number of likely N-dealkylation sites (N-methyl/N-ethyl adjacent to an activating group) is 1. The van der Waals surface area contributed by atoms with Crippen LogP contribution in [0.1, 0.15) is 42.7 Å². The fourth-order valence-corrected chi connectivity index (χ4v) is 4.29. The Hall–Kier alpha value is -1.55. The molecular formula is C18H21NO3. The minimum Gasteiger partial charge on any atom is -0.493 e. The summed E-state index contributed by atoms with van der Waals surface area (Å²) in [5.41, 5.74) is -1.36. The predicted octanol–water partition coefficient (Wildman–Crippen LogP) is 1.93. The smallest absolute Gasteiger partial charge is 0.174 e. The summed E-state index contributed by atoms with van der Waals surface area (Å²) in [6, 6.07) is 0.113. The molecule has 2 bridgehead atoms. The third kappa shape index (κ3) is 1.27. The van der Waals surface area contributed by atoms with Gasteiger partial charge in [0.05, 0.1) is 7.11 Å². The predicted molar refractivity (Wildman–Crippen MR) is 81.6 cm³/mol. The summed E-state index contributed by atoms with van der Waals surface area (Å²) in [6.07, 6.45) is -7.63. The van der Waals surface area contributed by atoms with Gasteiger partial charge in [-0.25, -0.2) is 0 Å². The Kier molecular flexibility index (Phi) is 1.27. The van der Waals surface area contributed by atoms with Crippen molar-refractivity contribution in [3.63, 3.8) is 0 Å². The van der Waals surface area contributed by atoms with Crippen LogP contribution in [-0.4, -0.2) is 43.4 Å². The van der Waals surface area contributed by atoms with Crippen molar-refractivity contribution in [2.45, 2.75) is 43.1 Å². The van der Waals surface area contributed by atoms with E-state index >= 15 is 0 Å². The maximum Gasteiger partial charge on any atom is 0.174 e. The van der Waals surface area contributed by atoms with E-state index in [-0.39, 0.29) is 35.6 Å². The van der Waals surface area contributed by atoms with Crippen LogP contribution in [0.25, 0.3) is 0 Å². The zero-order valence-electron chi connectivity index (χ0n) is 21.0. The Morgan fingerprint density at radius 3 is 3.32 bits per heavy atom. The van der Waals surface area contributed by atoms with Gasteiger partial charge in [-0.1, -0.05) is 6.07 Å². The van der Waals surface area contributed by atoms with Crippen molar-refractivity contribution in [2.75, 3.05) is 20.6 Å². The molecule has 0 radical (unpaired) electrons. The van der Waals surface area contributed by atoms with Gasteiger partial charge in [0.1, 0.15) is 0 Å². The summed E-state index contributed by atoms with van der Waals surface area (Å²) in [5, 5.41) is 0. The molecule has 0 amide bonds. The SMILES string of the molecule is [2H]C1([2H])C[C@]2([2H])[C@@]34CCN(C([2H])([2H])[2H])[C@]2([2H])C([2H])([2H])c2ccc(OC)c(c23)OC4C1=O. The van der Waals surface area contributed by atoms with E-state index in [1.165, 1.54) is 19.2 Å². The van der Waals surface area contributed by atoms with Gasteiger partial charge < -0.3 is 14.4 Å². The summed E-state index contributed by atoms with van der Waals surface area (Å²) in [5.74, 6) is -2.93. The van der Waals surface area contributed by atoms with E-state index in [4.69, 9.17) is 19.1 Å². The largest absolute Gasteiger partial charge is 0.493 e. The number of hydrogen-bond donors (Lipinski definition) is 0. The first-order chi connectivity index (χ1) is 14.1. The van der Waals surface area contributed by atoms with Crippen LogP contribution in [0.4, 0.5) is 0 Å². The number of piperidine rings is 1. The first-order valence-electron chi connectivity index (χ1n) is 11.8. The molecule has 2 aliphatic heterocycles. The summed E-state index contributed by atoms with van der Waals surface area (Å²) in [6.45, 7) is -3.17. The molecule has 1 unspecified atom stereocenters. The average molecular weight is 308 g/mol. The number of ketones is 1. The van der Waals surface area contributed by atoms with Crippen LogP contribution in [0.2, 0.25) is 0 Å². The molecule has 4 nitrogen and oxygen atoms in total. The third-order valence-electron chi connectivity index (χ3n) is 5.23. The number of hydrogen-bond acceptors (Lipinski definition) is 4. The summed E-state index contributed by atoms with van der Waals surface area (Å²) in [7, 11) is 1.37. The molecule has 1 aromatic rings. The first kappa shape index (κ1) is 6.91. The monoisotopic (exact) mass is 308 g/mol. The van der Waals surface area contributed by atoms with E-state index in [2.05, 4.69) is 0 Å². The quantitative estimate of drug-likeness (QED) is 0.795. The number of carbonyl (C=O) groups excluding carboxylic acids is 1. The van der Waals surface area contributed by atoms with Crippen LogP contribution in [-0.2, 0) is 16.6 Å². The number of ether oxygens (including phenoxy) is 2. The molecular weight excluding hydrogens is 278 g/mol. The topological polar surface area (TPSA) is 38.8 Å². The van der Waals surface area contributed by atoms with Gasteiger partial charge in [-0.05, 0) is 50.3 Å². The van der Waals surface area contributed by atoms with Gasteiger partial charge in [0.2, 0.25) is 0 Å². The van der Waals surface area contributed by atoms with Crippen LogP contribution >= 0.6 is 0 Å².